The third-order valence-corrected chi connectivity index (χ3v) is 9.52. The quantitative estimate of drug-likeness (QED) is 0.145. The molecule has 222 valence electrons. The molecule has 0 aliphatic heterocycles. The monoisotopic (exact) mass is 634 g/mol. The van der Waals surface area contributed by atoms with Crippen LogP contribution in [0.5, 0.6) is 11.5 Å². The molecule has 0 atom stereocenters. The van der Waals surface area contributed by atoms with Gasteiger partial charge in [0.25, 0.3) is 0 Å². The van der Waals surface area contributed by atoms with Crippen LogP contribution >= 0.6 is 21.6 Å². The average Bonchev–Trinajstić information content (AvgIpc) is 3.13. The minimum atomic E-state index is 0.440. The van der Waals surface area contributed by atoms with Gasteiger partial charge >= 0.3 is 0 Å². The molecule has 46 heavy (non-hydrogen) atoms. The zero-order valence-corrected chi connectivity index (χ0v) is 26.6. The van der Waals surface area contributed by atoms with Crippen molar-refractivity contribution >= 4 is 21.6 Å². The molecule has 6 aromatic rings. The summed E-state index contributed by atoms with van der Waals surface area (Å²) in [6, 6.07) is 43.7. The molecule has 0 unspecified atom stereocenters. The van der Waals surface area contributed by atoms with Gasteiger partial charge in [-0.25, -0.2) is 9.97 Å². The Morgan fingerprint density at radius 1 is 0.500 bits per heavy atom. The molecule has 2 aromatic heterocycles. The molecule has 0 saturated carbocycles. The summed E-state index contributed by atoms with van der Waals surface area (Å²) in [6.07, 6.45) is 0. The number of methoxy groups -OCH3 is 2. The summed E-state index contributed by atoms with van der Waals surface area (Å²) in [5.74, 6) is 1.46. The minimum Gasteiger partial charge on any atom is -0.497 e. The number of hydrogen-bond acceptors (Lipinski definition) is 8. The highest BCUT2D eigenvalue weighted by Crippen LogP contribution is 2.45. The average molecular weight is 635 g/mol. The van der Waals surface area contributed by atoms with E-state index in [0.717, 1.165) is 56.3 Å². The Bertz CT molecular complexity index is 1920. The van der Waals surface area contributed by atoms with E-state index in [0.29, 0.717) is 21.2 Å². The van der Waals surface area contributed by atoms with Crippen LogP contribution in [0.2, 0.25) is 0 Å². The Balaban J connectivity index is 1.48. The molecule has 6 nitrogen and oxygen atoms in total. The van der Waals surface area contributed by atoms with Gasteiger partial charge in [-0.3, -0.25) is 0 Å². The molecular weight excluding hydrogens is 609 g/mol. The first-order chi connectivity index (χ1) is 22.6. The third-order valence-electron chi connectivity index (χ3n) is 7.34. The second-order valence-electron chi connectivity index (χ2n) is 10.0. The molecule has 0 bridgehead atoms. The van der Waals surface area contributed by atoms with Crippen LogP contribution in [0.1, 0.15) is 11.1 Å². The van der Waals surface area contributed by atoms with Crippen LogP contribution in [0.25, 0.3) is 44.8 Å². The van der Waals surface area contributed by atoms with E-state index in [1.807, 2.05) is 121 Å². The minimum absolute atomic E-state index is 0.440. The van der Waals surface area contributed by atoms with Crippen molar-refractivity contribution in [3.8, 4) is 68.4 Å². The lowest BCUT2D eigenvalue weighted by Crippen LogP contribution is -1.97. The van der Waals surface area contributed by atoms with Crippen LogP contribution in [-0.2, 0) is 0 Å². The molecule has 4 aromatic carbocycles. The second-order valence-corrected chi connectivity index (χ2v) is 12.2. The Kier molecular flexibility index (Phi) is 9.31. The first-order valence-corrected chi connectivity index (χ1v) is 16.4. The zero-order valence-electron chi connectivity index (χ0n) is 25.0. The molecule has 0 radical (unpaired) electrons. The molecule has 6 rings (SSSR count). The maximum absolute atomic E-state index is 10.4. The summed E-state index contributed by atoms with van der Waals surface area (Å²) in [5.41, 5.74) is 7.46. The van der Waals surface area contributed by atoms with Crippen LogP contribution in [-0.4, -0.2) is 24.2 Å². The van der Waals surface area contributed by atoms with Crippen molar-refractivity contribution < 1.29 is 9.47 Å². The van der Waals surface area contributed by atoms with Crippen LogP contribution in [0, 0.1) is 22.7 Å². The number of nitriles is 2. The lowest BCUT2D eigenvalue weighted by atomic mass is 9.99. The molecule has 0 N–H and O–H groups in total. The predicted octanol–water partition coefficient (Wildman–Crippen LogP) is 9.70. The van der Waals surface area contributed by atoms with E-state index in [-0.39, 0.29) is 0 Å². The van der Waals surface area contributed by atoms with Gasteiger partial charge < -0.3 is 9.47 Å². The summed E-state index contributed by atoms with van der Waals surface area (Å²) in [6.45, 7) is 0. The summed E-state index contributed by atoms with van der Waals surface area (Å²) in [5, 5.41) is 21.9. The van der Waals surface area contributed by atoms with Gasteiger partial charge in [0.05, 0.1) is 36.7 Å². The zero-order chi connectivity index (χ0) is 31.9. The highest BCUT2D eigenvalue weighted by atomic mass is 33.1. The number of pyridine rings is 2. The smallest absolute Gasteiger partial charge is 0.126 e. The standard InChI is InChI=1S/C38H26N4O2S2/c1-43-29-17-13-25(14-18-29)31-21-35(27-9-5-3-6-10-27)41-37(33(31)23-39)45-46-38-34(24-40)32(26-15-19-30(44-2)20-16-26)22-36(42-38)28-11-7-4-8-12-28/h3-22H,1-2H3. The topological polar surface area (TPSA) is 91.8 Å². The molecule has 2 heterocycles. The van der Waals surface area contributed by atoms with E-state index in [1.54, 1.807) is 14.2 Å². The summed E-state index contributed by atoms with van der Waals surface area (Å²) >= 11 is 0. The number of benzene rings is 4. The van der Waals surface area contributed by atoms with Crippen molar-refractivity contribution in [1.82, 2.24) is 9.97 Å². The molecular formula is C38H26N4O2S2. The first-order valence-electron chi connectivity index (χ1n) is 14.3. The van der Waals surface area contributed by atoms with Gasteiger partial charge in [0.2, 0.25) is 0 Å². The molecule has 0 amide bonds. The van der Waals surface area contributed by atoms with Crippen LogP contribution < -0.4 is 9.47 Å². The molecule has 0 aliphatic rings. The Hall–Kier alpha value is -5.54. The van der Waals surface area contributed by atoms with Crippen LogP contribution in [0.3, 0.4) is 0 Å². The van der Waals surface area contributed by atoms with E-state index in [2.05, 4.69) is 12.1 Å². The number of ether oxygens (including phenoxy) is 2. The third kappa shape index (κ3) is 6.45. The van der Waals surface area contributed by atoms with E-state index < -0.39 is 0 Å². The summed E-state index contributed by atoms with van der Waals surface area (Å²) in [4.78, 5) is 9.91. The number of aromatic nitrogens is 2. The summed E-state index contributed by atoms with van der Waals surface area (Å²) < 4.78 is 10.7. The van der Waals surface area contributed by atoms with E-state index in [1.165, 1.54) is 21.6 Å². The highest BCUT2D eigenvalue weighted by Gasteiger charge is 2.20. The fraction of sp³-hybridized carbons (Fsp3) is 0.0526. The Labute approximate surface area is 275 Å². The lowest BCUT2D eigenvalue weighted by molar-refractivity contribution is 0.415. The van der Waals surface area contributed by atoms with Crippen molar-refractivity contribution in [3.63, 3.8) is 0 Å². The Morgan fingerprint density at radius 3 is 1.20 bits per heavy atom. The maximum Gasteiger partial charge on any atom is 0.126 e. The lowest BCUT2D eigenvalue weighted by Gasteiger charge is -2.14. The Morgan fingerprint density at radius 2 is 0.870 bits per heavy atom. The van der Waals surface area contributed by atoms with Gasteiger partial charge in [0, 0.05) is 22.3 Å². The first kappa shape index (κ1) is 30.5. The van der Waals surface area contributed by atoms with Crippen LogP contribution in [0.15, 0.2) is 131 Å². The largest absolute Gasteiger partial charge is 0.497 e. The van der Waals surface area contributed by atoms with Gasteiger partial charge in [-0.05, 0) is 69.1 Å². The van der Waals surface area contributed by atoms with Gasteiger partial charge in [-0.2, -0.15) is 10.5 Å². The fourth-order valence-corrected chi connectivity index (χ4v) is 7.07. The van der Waals surface area contributed by atoms with Crippen molar-refractivity contribution in [1.29, 1.82) is 10.5 Å². The van der Waals surface area contributed by atoms with Gasteiger partial charge in [-0.15, -0.1) is 0 Å². The normalized spacial score (nSPS) is 10.5. The van der Waals surface area contributed by atoms with E-state index in [9.17, 15) is 10.5 Å². The molecule has 0 fully saturated rings. The van der Waals surface area contributed by atoms with Crippen molar-refractivity contribution in [2.24, 2.45) is 0 Å². The van der Waals surface area contributed by atoms with Crippen molar-refractivity contribution in [2.75, 3.05) is 14.2 Å². The second kappa shape index (κ2) is 14.0. The van der Waals surface area contributed by atoms with Crippen molar-refractivity contribution in [3.05, 3.63) is 132 Å². The SMILES string of the molecule is COc1ccc(-c2cc(-c3ccccc3)nc(SSc3nc(-c4ccccc4)cc(-c4ccc(OC)cc4)c3C#N)c2C#N)cc1. The van der Waals surface area contributed by atoms with E-state index in [4.69, 9.17) is 19.4 Å². The number of rotatable bonds is 9. The predicted molar refractivity (Wildman–Crippen MR) is 184 cm³/mol. The van der Waals surface area contributed by atoms with Crippen LogP contribution in [0.4, 0.5) is 0 Å². The maximum atomic E-state index is 10.4. The number of hydrogen-bond donors (Lipinski definition) is 0. The highest BCUT2D eigenvalue weighted by molar-refractivity contribution is 8.76. The summed E-state index contributed by atoms with van der Waals surface area (Å²) in [7, 11) is 5.88. The van der Waals surface area contributed by atoms with Gasteiger partial charge in [0.1, 0.15) is 33.7 Å². The molecule has 8 heteroatoms. The number of nitrogens with zero attached hydrogens (tertiary/aromatic N) is 4. The fourth-order valence-electron chi connectivity index (χ4n) is 4.97. The molecule has 0 saturated heterocycles. The van der Waals surface area contributed by atoms with Crippen molar-refractivity contribution in [2.45, 2.75) is 10.1 Å². The molecule has 0 spiro atoms. The van der Waals surface area contributed by atoms with Gasteiger partial charge in [-0.1, -0.05) is 84.9 Å². The van der Waals surface area contributed by atoms with E-state index >= 15 is 0 Å². The molecule has 0 aliphatic carbocycles. The van der Waals surface area contributed by atoms with Gasteiger partial charge in [0.15, 0.2) is 0 Å².